The average molecular weight is 376 g/mol. The molecule has 0 amide bonds. The number of benzene rings is 2. The van der Waals surface area contributed by atoms with E-state index in [2.05, 4.69) is 52.0 Å². The van der Waals surface area contributed by atoms with Crippen molar-refractivity contribution in [2.75, 3.05) is 18.1 Å². The number of nitrogens with one attached hydrogen (secondary N) is 2. The molecule has 3 heterocycles. The van der Waals surface area contributed by atoms with Gasteiger partial charge < -0.3 is 14.9 Å². The summed E-state index contributed by atoms with van der Waals surface area (Å²) in [6, 6.07) is 12.1. The predicted octanol–water partition coefficient (Wildman–Crippen LogP) is 4.80. The minimum atomic E-state index is -0.216. The molecule has 1 saturated heterocycles. The zero-order valence-electron chi connectivity index (χ0n) is 16.1. The van der Waals surface area contributed by atoms with E-state index in [9.17, 15) is 4.39 Å². The second-order valence-corrected chi connectivity index (χ2v) is 7.89. The Morgan fingerprint density at radius 3 is 2.75 bits per heavy atom. The van der Waals surface area contributed by atoms with E-state index >= 15 is 0 Å². The molecule has 4 nitrogen and oxygen atoms in total. The lowest BCUT2D eigenvalue weighted by atomic mass is 10.00. The Labute approximate surface area is 164 Å². The molecular weight excluding hydrogens is 351 g/mol. The van der Waals surface area contributed by atoms with E-state index in [4.69, 9.17) is 0 Å². The number of nitrogens with zero attached hydrogens (tertiary/aromatic N) is 2. The Kier molecular flexibility index (Phi) is 4.13. The second kappa shape index (κ2) is 6.67. The van der Waals surface area contributed by atoms with Gasteiger partial charge in [0.05, 0.1) is 5.69 Å². The van der Waals surface area contributed by atoms with Crippen molar-refractivity contribution in [1.29, 1.82) is 0 Å². The largest absolute Gasteiger partial charge is 0.375 e. The summed E-state index contributed by atoms with van der Waals surface area (Å²) < 4.78 is 13.5. The van der Waals surface area contributed by atoms with Gasteiger partial charge in [-0.2, -0.15) is 0 Å². The number of fused-ring (bicyclic) bond motifs is 2. The fraction of sp³-hybridized carbons (Fsp3) is 0.304. The van der Waals surface area contributed by atoms with Crippen molar-refractivity contribution in [2.24, 2.45) is 0 Å². The van der Waals surface area contributed by atoms with Gasteiger partial charge in [-0.25, -0.2) is 9.82 Å². The topological polar surface area (TPSA) is 34.3 Å². The molecule has 0 aliphatic carbocycles. The number of rotatable bonds is 3. The number of likely N-dealkylation sites (tertiary alicyclic amines) is 1. The van der Waals surface area contributed by atoms with E-state index in [-0.39, 0.29) is 5.82 Å². The molecule has 1 aromatic heterocycles. The van der Waals surface area contributed by atoms with E-state index in [1.54, 1.807) is 6.07 Å². The summed E-state index contributed by atoms with van der Waals surface area (Å²) in [6.07, 6.45) is 4.22. The fourth-order valence-corrected chi connectivity index (χ4v) is 4.53. The molecule has 1 fully saturated rings. The molecule has 0 spiro atoms. The Balaban J connectivity index is 1.45. The summed E-state index contributed by atoms with van der Waals surface area (Å²) in [5.41, 5.74) is 10.4. The first-order valence-corrected chi connectivity index (χ1v) is 9.93. The third-order valence-corrected chi connectivity index (χ3v) is 6.11. The lowest BCUT2D eigenvalue weighted by molar-refractivity contribution is 0.253. The minimum absolute atomic E-state index is 0.216. The summed E-state index contributed by atoms with van der Waals surface area (Å²) in [4.78, 5) is 5.57. The lowest BCUT2D eigenvalue weighted by Crippen LogP contribution is -2.48. The third-order valence-electron chi connectivity index (χ3n) is 6.11. The summed E-state index contributed by atoms with van der Waals surface area (Å²) in [7, 11) is 0. The average Bonchev–Trinajstić information content (AvgIpc) is 3.31. The number of halogens is 1. The first-order chi connectivity index (χ1) is 13.6. The van der Waals surface area contributed by atoms with Crippen LogP contribution in [-0.2, 0) is 6.54 Å². The smallest absolute Gasteiger partial charge is 0.125 e. The van der Waals surface area contributed by atoms with Crippen LogP contribution in [0.2, 0.25) is 0 Å². The fourth-order valence-electron chi connectivity index (χ4n) is 4.53. The highest BCUT2D eigenvalue weighted by Crippen LogP contribution is 2.36. The lowest BCUT2D eigenvalue weighted by Gasteiger charge is -2.38. The molecule has 0 radical (unpaired) electrons. The van der Waals surface area contributed by atoms with Crippen LogP contribution in [0.3, 0.4) is 0 Å². The van der Waals surface area contributed by atoms with E-state index in [0.717, 1.165) is 60.2 Å². The number of allylic oxidation sites excluding steroid dienone is 1. The molecular formula is C23H25FN4. The van der Waals surface area contributed by atoms with E-state index in [0.29, 0.717) is 6.04 Å². The molecule has 144 valence electrons. The Morgan fingerprint density at radius 1 is 1.14 bits per heavy atom. The number of hydrogen-bond donors (Lipinski definition) is 2. The molecule has 0 unspecified atom stereocenters. The van der Waals surface area contributed by atoms with Gasteiger partial charge in [0.15, 0.2) is 0 Å². The number of aromatic nitrogens is 1. The normalized spacial score (nSPS) is 17.4. The molecule has 0 saturated carbocycles. The summed E-state index contributed by atoms with van der Waals surface area (Å²) >= 11 is 0. The molecule has 2 aromatic carbocycles. The van der Waals surface area contributed by atoms with Gasteiger partial charge in [0, 0.05) is 54.0 Å². The maximum Gasteiger partial charge on any atom is 0.125 e. The van der Waals surface area contributed by atoms with Gasteiger partial charge in [-0.05, 0) is 55.2 Å². The van der Waals surface area contributed by atoms with Crippen LogP contribution in [-0.4, -0.2) is 29.0 Å². The first kappa shape index (κ1) is 17.3. The highest BCUT2D eigenvalue weighted by molar-refractivity contribution is 5.96. The number of anilines is 1. The Morgan fingerprint density at radius 2 is 1.96 bits per heavy atom. The van der Waals surface area contributed by atoms with Gasteiger partial charge in [-0.1, -0.05) is 18.7 Å². The Bertz CT molecular complexity index is 1050. The van der Waals surface area contributed by atoms with Gasteiger partial charge in [0.1, 0.15) is 5.82 Å². The van der Waals surface area contributed by atoms with Gasteiger partial charge in [-0.15, -0.1) is 0 Å². The van der Waals surface area contributed by atoms with Gasteiger partial charge in [0.2, 0.25) is 0 Å². The third kappa shape index (κ3) is 2.87. The van der Waals surface area contributed by atoms with Crippen LogP contribution < -0.4 is 10.4 Å². The molecule has 5 heteroatoms. The van der Waals surface area contributed by atoms with Crippen molar-refractivity contribution in [3.05, 3.63) is 66.3 Å². The first-order valence-electron chi connectivity index (χ1n) is 9.93. The molecule has 2 N–H and O–H groups in total. The SMILES string of the molecule is C=C(C)N1CCC(N2NCc3ccc(-c4c[nH]c5cc(F)ccc45)cc32)CC1. The number of hydrogen-bond acceptors (Lipinski definition) is 3. The molecule has 0 atom stereocenters. The molecule has 2 aliphatic rings. The second-order valence-electron chi connectivity index (χ2n) is 7.89. The zero-order valence-corrected chi connectivity index (χ0v) is 16.1. The van der Waals surface area contributed by atoms with Crippen LogP contribution in [0, 0.1) is 5.82 Å². The van der Waals surface area contributed by atoms with Gasteiger partial charge in [-0.3, -0.25) is 0 Å². The van der Waals surface area contributed by atoms with Gasteiger partial charge >= 0.3 is 0 Å². The van der Waals surface area contributed by atoms with Crippen molar-refractivity contribution in [3.63, 3.8) is 0 Å². The predicted molar refractivity (Wildman–Crippen MR) is 112 cm³/mol. The van der Waals surface area contributed by atoms with Crippen LogP contribution >= 0.6 is 0 Å². The highest BCUT2D eigenvalue weighted by Gasteiger charge is 2.29. The summed E-state index contributed by atoms with van der Waals surface area (Å²) in [5.74, 6) is -0.216. The van der Waals surface area contributed by atoms with Crippen molar-refractivity contribution in [3.8, 4) is 11.1 Å². The van der Waals surface area contributed by atoms with Crippen LogP contribution in [0.4, 0.5) is 10.1 Å². The van der Waals surface area contributed by atoms with Crippen molar-refractivity contribution in [2.45, 2.75) is 32.4 Å². The quantitative estimate of drug-likeness (QED) is 0.689. The molecule has 2 aliphatic heterocycles. The van der Waals surface area contributed by atoms with E-state index in [1.807, 2.05) is 12.3 Å². The summed E-state index contributed by atoms with van der Waals surface area (Å²) in [6.45, 7) is 9.15. The van der Waals surface area contributed by atoms with E-state index < -0.39 is 0 Å². The number of hydrazine groups is 1. The molecule has 5 rings (SSSR count). The van der Waals surface area contributed by atoms with Crippen molar-refractivity contribution < 1.29 is 4.39 Å². The number of piperidine rings is 1. The zero-order chi connectivity index (χ0) is 19.3. The molecule has 3 aromatic rings. The number of H-pyrrole nitrogens is 1. The van der Waals surface area contributed by atoms with Crippen LogP contribution in [0.5, 0.6) is 0 Å². The highest BCUT2D eigenvalue weighted by atomic mass is 19.1. The van der Waals surface area contributed by atoms with Gasteiger partial charge in [0.25, 0.3) is 0 Å². The van der Waals surface area contributed by atoms with Crippen LogP contribution in [0.1, 0.15) is 25.3 Å². The molecule has 0 bridgehead atoms. The van der Waals surface area contributed by atoms with Crippen molar-refractivity contribution >= 4 is 16.6 Å². The van der Waals surface area contributed by atoms with E-state index in [1.165, 1.54) is 17.3 Å². The minimum Gasteiger partial charge on any atom is -0.375 e. The maximum absolute atomic E-state index is 13.5. The summed E-state index contributed by atoms with van der Waals surface area (Å²) in [5, 5.41) is 3.41. The Hall–Kier alpha value is -2.79. The van der Waals surface area contributed by atoms with Crippen molar-refractivity contribution in [1.82, 2.24) is 15.3 Å². The number of aromatic amines is 1. The van der Waals surface area contributed by atoms with Crippen LogP contribution in [0.25, 0.3) is 22.0 Å². The maximum atomic E-state index is 13.5. The molecule has 28 heavy (non-hydrogen) atoms. The monoisotopic (exact) mass is 376 g/mol. The standard InChI is InChI=1S/C23H25FN4/c1-15(2)27-9-7-19(8-10-27)28-23-11-16(3-4-17(23)13-26-28)21-14-25-22-12-18(24)5-6-20(21)22/h3-6,11-12,14,19,25-26H,1,7-10,13H2,2H3. The van der Waals surface area contributed by atoms with Crippen LogP contribution in [0.15, 0.2) is 54.9 Å².